The van der Waals surface area contributed by atoms with Crippen molar-refractivity contribution in [2.24, 2.45) is 5.92 Å². The lowest BCUT2D eigenvalue weighted by molar-refractivity contribution is -0.143. The number of hydrogen-bond donors (Lipinski definition) is 1. The quantitative estimate of drug-likeness (QED) is 0.892. The van der Waals surface area contributed by atoms with Gasteiger partial charge in [-0.15, -0.1) is 0 Å². The molecule has 2 rings (SSSR count). The second-order valence-electron chi connectivity index (χ2n) is 5.03. The lowest BCUT2D eigenvalue weighted by Crippen LogP contribution is -2.42. The Hall–Kier alpha value is -1.97. The van der Waals surface area contributed by atoms with E-state index in [1.54, 1.807) is 0 Å². The number of nitriles is 1. The molecular weight excluding hydrogens is 275 g/mol. The van der Waals surface area contributed by atoms with E-state index >= 15 is 0 Å². The molecule has 112 valence electrons. The van der Waals surface area contributed by atoms with E-state index in [0.717, 1.165) is 0 Å². The summed E-state index contributed by atoms with van der Waals surface area (Å²) in [5.74, 6) is -1.89. The Morgan fingerprint density at radius 3 is 2.95 bits per heavy atom. The van der Waals surface area contributed by atoms with Crippen LogP contribution in [-0.4, -0.2) is 41.8 Å². The van der Waals surface area contributed by atoms with E-state index < -0.39 is 17.7 Å². The summed E-state index contributed by atoms with van der Waals surface area (Å²) < 4.78 is 18.6. The summed E-state index contributed by atoms with van der Waals surface area (Å²) in [6.07, 6.45) is 0. The number of hydrogen-bond acceptors (Lipinski definition) is 4. The van der Waals surface area contributed by atoms with Crippen molar-refractivity contribution in [1.82, 2.24) is 4.90 Å². The van der Waals surface area contributed by atoms with Gasteiger partial charge in [0.2, 0.25) is 0 Å². The van der Waals surface area contributed by atoms with Gasteiger partial charge in [-0.25, -0.2) is 4.39 Å². The standard InChI is InChI=1S/C15H17FN2O3/c1-2-18(14-9-21-8-13(14)15(19)20)7-11-5-12(16)4-3-10(11)6-17/h3-5,13-14H,2,7-9H2,1H3,(H,19,20). The van der Waals surface area contributed by atoms with E-state index in [9.17, 15) is 14.3 Å². The first kappa shape index (κ1) is 15.4. The van der Waals surface area contributed by atoms with Crippen molar-refractivity contribution >= 4 is 5.97 Å². The fourth-order valence-electron chi connectivity index (χ4n) is 2.62. The van der Waals surface area contributed by atoms with Gasteiger partial charge in [-0.05, 0) is 30.3 Å². The Balaban J connectivity index is 2.22. The van der Waals surface area contributed by atoms with Crippen LogP contribution in [0.3, 0.4) is 0 Å². The zero-order valence-electron chi connectivity index (χ0n) is 11.8. The van der Waals surface area contributed by atoms with Gasteiger partial charge in [-0.2, -0.15) is 5.26 Å². The van der Waals surface area contributed by atoms with Gasteiger partial charge in [0.05, 0.1) is 30.8 Å². The Morgan fingerprint density at radius 1 is 1.57 bits per heavy atom. The van der Waals surface area contributed by atoms with Gasteiger partial charge in [-0.1, -0.05) is 6.92 Å². The molecule has 1 aliphatic rings. The first-order valence-corrected chi connectivity index (χ1v) is 6.80. The van der Waals surface area contributed by atoms with Crippen molar-refractivity contribution in [3.05, 3.63) is 35.1 Å². The van der Waals surface area contributed by atoms with Crippen molar-refractivity contribution < 1.29 is 19.0 Å². The second-order valence-corrected chi connectivity index (χ2v) is 5.03. The number of ether oxygens (including phenoxy) is 1. The number of carboxylic acids is 1. The molecule has 21 heavy (non-hydrogen) atoms. The van der Waals surface area contributed by atoms with Crippen molar-refractivity contribution in [2.45, 2.75) is 19.5 Å². The Labute approximate surface area is 122 Å². The normalized spacial score (nSPS) is 21.4. The van der Waals surface area contributed by atoms with Crippen LogP contribution < -0.4 is 0 Å². The largest absolute Gasteiger partial charge is 0.481 e. The van der Waals surface area contributed by atoms with Crippen LogP contribution in [-0.2, 0) is 16.1 Å². The summed E-state index contributed by atoms with van der Waals surface area (Å²) in [5, 5.41) is 18.3. The zero-order valence-corrected chi connectivity index (χ0v) is 11.8. The van der Waals surface area contributed by atoms with Crippen LogP contribution in [0.25, 0.3) is 0 Å². The van der Waals surface area contributed by atoms with Crippen LogP contribution in [0.1, 0.15) is 18.1 Å². The predicted octanol–water partition coefficient (Wildman–Crippen LogP) is 1.62. The van der Waals surface area contributed by atoms with E-state index in [-0.39, 0.29) is 12.6 Å². The summed E-state index contributed by atoms with van der Waals surface area (Å²) in [7, 11) is 0. The van der Waals surface area contributed by atoms with Gasteiger partial charge >= 0.3 is 5.97 Å². The average Bonchev–Trinajstić information content (AvgIpc) is 2.94. The number of benzene rings is 1. The highest BCUT2D eigenvalue weighted by Crippen LogP contribution is 2.23. The molecule has 0 amide bonds. The number of rotatable bonds is 5. The number of nitrogens with zero attached hydrogens (tertiary/aromatic N) is 2. The van der Waals surface area contributed by atoms with Gasteiger partial charge < -0.3 is 9.84 Å². The Kier molecular flexibility index (Phi) is 4.89. The minimum Gasteiger partial charge on any atom is -0.481 e. The third-order valence-corrected chi connectivity index (χ3v) is 3.80. The van der Waals surface area contributed by atoms with E-state index in [1.165, 1.54) is 18.2 Å². The number of aliphatic carboxylic acids is 1. The number of halogens is 1. The average molecular weight is 292 g/mol. The number of likely N-dealkylation sites (N-methyl/N-ethyl adjacent to an activating group) is 1. The fraction of sp³-hybridized carbons (Fsp3) is 0.467. The Bertz CT molecular complexity index is 571. The molecule has 0 spiro atoms. The van der Waals surface area contributed by atoms with Crippen LogP contribution in [0.4, 0.5) is 4.39 Å². The summed E-state index contributed by atoms with van der Waals surface area (Å²) in [6.45, 7) is 3.35. The van der Waals surface area contributed by atoms with Gasteiger partial charge in [0.25, 0.3) is 0 Å². The molecule has 0 radical (unpaired) electrons. The molecule has 0 bridgehead atoms. The SMILES string of the molecule is CCN(Cc1cc(F)ccc1C#N)C1COCC1C(=O)O. The van der Waals surface area contributed by atoms with Gasteiger partial charge in [0.15, 0.2) is 0 Å². The molecule has 2 atom stereocenters. The fourth-order valence-corrected chi connectivity index (χ4v) is 2.62. The molecule has 6 heteroatoms. The summed E-state index contributed by atoms with van der Waals surface area (Å²) in [4.78, 5) is 13.2. The summed E-state index contributed by atoms with van der Waals surface area (Å²) >= 11 is 0. The molecule has 1 N–H and O–H groups in total. The maximum atomic E-state index is 13.4. The van der Waals surface area contributed by atoms with Crippen LogP contribution in [0.5, 0.6) is 0 Å². The van der Waals surface area contributed by atoms with E-state index in [0.29, 0.717) is 30.8 Å². The van der Waals surface area contributed by atoms with E-state index in [1.807, 2.05) is 17.9 Å². The minimum atomic E-state index is -0.893. The second kappa shape index (κ2) is 6.66. The topological polar surface area (TPSA) is 73.6 Å². The maximum Gasteiger partial charge on any atom is 0.310 e. The lowest BCUT2D eigenvalue weighted by atomic mass is 10.0. The van der Waals surface area contributed by atoms with Crippen molar-refractivity contribution in [3.8, 4) is 6.07 Å². The zero-order chi connectivity index (χ0) is 15.4. The molecule has 1 aliphatic heterocycles. The molecule has 0 aliphatic carbocycles. The highest BCUT2D eigenvalue weighted by Gasteiger charge is 2.37. The lowest BCUT2D eigenvalue weighted by Gasteiger charge is -2.29. The third kappa shape index (κ3) is 3.38. The van der Waals surface area contributed by atoms with Gasteiger partial charge in [0.1, 0.15) is 5.82 Å². The molecule has 5 nitrogen and oxygen atoms in total. The van der Waals surface area contributed by atoms with Crippen LogP contribution >= 0.6 is 0 Å². The van der Waals surface area contributed by atoms with Crippen molar-refractivity contribution in [2.75, 3.05) is 19.8 Å². The molecule has 0 saturated carbocycles. The monoisotopic (exact) mass is 292 g/mol. The van der Waals surface area contributed by atoms with E-state index in [2.05, 4.69) is 0 Å². The van der Waals surface area contributed by atoms with Gasteiger partial charge in [-0.3, -0.25) is 9.69 Å². The van der Waals surface area contributed by atoms with Crippen LogP contribution in [0.15, 0.2) is 18.2 Å². The van der Waals surface area contributed by atoms with Gasteiger partial charge in [0, 0.05) is 12.6 Å². The first-order valence-electron chi connectivity index (χ1n) is 6.80. The highest BCUT2D eigenvalue weighted by atomic mass is 19.1. The molecule has 1 aromatic rings. The van der Waals surface area contributed by atoms with E-state index in [4.69, 9.17) is 10.00 Å². The van der Waals surface area contributed by atoms with Crippen LogP contribution in [0, 0.1) is 23.1 Å². The summed E-state index contributed by atoms with van der Waals surface area (Å²) in [6, 6.07) is 5.79. The molecule has 1 fully saturated rings. The number of carbonyl (C=O) groups is 1. The maximum absolute atomic E-state index is 13.4. The summed E-state index contributed by atoms with van der Waals surface area (Å²) in [5.41, 5.74) is 0.969. The minimum absolute atomic E-state index is 0.185. The first-order chi connectivity index (χ1) is 10.1. The molecule has 1 heterocycles. The smallest absolute Gasteiger partial charge is 0.310 e. The van der Waals surface area contributed by atoms with Crippen molar-refractivity contribution in [1.29, 1.82) is 5.26 Å². The molecule has 1 saturated heterocycles. The van der Waals surface area contributed by atoms with Crippen molar-refractivity contribution in [3.63, 3.8) is 0 Å². The predicted molar refractivity (Wildman–Crippen MR) is 72.9 cm³/mol. The molecule has 2 unspecified atom stereocenters. The Morgan fingerprint density at radius 2 is 2.33 bits per heavy atom. The number of carboxylic acid groups (broad SMARTS) is 1. The molecule has 1 aromatic carbocycles. The highest BCUT2D eigenvalue weighted by molar-refractivity contribution is 5.71. The third-order valence-electron chi connectivity index (χ3n) is 3.80. The molecule has 0 aromatic heterocycles. The molecular formula is C15H17FN2O3. The van der Waals surface area contributed by atoms with Crippen LogP contribution in [0.2, 0.25) is 0 Å².